The van der Waals surface area contributed by atoms with E-state index < -0.39 is 5.91 Å². The van der Waals surface area contributed by atoms with Crippen LogP contribution in [0, 0.1) is 0 Å². The number of hydroxylamine groups is 2. The zero-order valence-electron chi connectivity index (χ0n) is 9.69. The molecule has 88 valence electrons. The number of hydrogen-bond acceptors (Lipinski definition) is 4. The summed E-state index contributed by atoms with van der Waals surface area (Å²) in [7, 11) is 2.90. The Labute approximate surface area is 99.4 Å². The summed E-state index contributed by atoms with van der Waals surface area (Å²) < 4.78 is 0. The third-order valence-corrected chi connectivity index (χ3v) is 2.32. The average Bonchev–Trinajstić information content (AvgIpc) is 2.27. The lowest BCUT2D eigenvalue weighted by molar-refractivity contribution is -0.0760. The van der Waals surface area contributed by atoms with E-state index in [0.29, 0.717) is 5.82 Å². The molecular weight excluding hydrogens is 230 g/mol. The number of amides is 1. The third kappa shape index (κ3) is 2.68. The Kier molecular flexibility index (Phi) is 4.20. The van der Waals surface area contributed by atoms with Crippen LogP contribution in [0.2, 0.25) is 5.02 Å². The highest BCUT2D eigenvalue weighted by Gasteiger charge is 2.18. The molecule has 6 heteroatoms. The topological polar surface area (TPSA) is 55.3 Å². The lowest BCUT2D eigenvalue weighted by Gasteiger charge is -2.14. The molecule has 0 saturated heterocycles. The van der Waals surface area contributed by atoms with Gasteiger partial charge >= 0.3 is 0 Å². The van der Waals surface area contributed by atoms with E-state index >= 15 is 0 Å². The van der Waals surface area contributed by atoms with E-state index in [2.05, 4.69) is 9.97 Å². The number of nitrogens with zero attached hydrogens (tertiary/aromatic N) is 3. The summed E-state index contributed by atoms with van der Waals surface area (Å²) in [6, 6.07) is 0. The highest BCUT2D eigenvalue weighted by molar-refractivity contribution is 6.33. The van der Waals surface area contributed by atoms with Crippen LogP contribution in [0.3, 0.4) is 0 Å². The molecule has 5 nitrogen and oxygen atoms in total. The maximum atomic E-state index is 11.8. The normalized spacial score (nSPS) is 10.6. The quantitative estimate of drug-likeness (QED) is 0.761. The Morgan fingerprint density at radius 1 is 1.56 bits per heavy atom. The minimum atomic E-state index is -0.392. The average molecular weight is 244 g/mol. The van der Waals surface area contributed by atoms with Crippen LogP contribution in [-0.4, -0.2) is 35.1 Å². The molecule has 0 unspecified atom stereocenters. The number of rotatable bonds is 3. The molecule has 1 amide bonds. The van der Waals surface area contributed by atoms with E-state index in [1.165, 1.54) is 20.4 Å². The summed E-state index contributed by atoms with van der Waals surface area (Å²) in [6.45, 7) is 3.88. The first-order valence-corrected chi connectivity index (χ1v) is 5.19. The zero-order chi connectivity index (χ0) is 12.3. The van der Waals surface area contributed by atoms with Gasteiger partial charge in [-0.3, -0.25) is 9.63 Å². The molecule has 1 rings (SSSR count). The fraction of sp³-hybridized carbons (Fsp3) is 0.500. The van der Waals surface area contributed by atoms with E-state index in [4.69, 9.17) is 16.4 Å². The molecule has 1 aromatic heterocycles. The molecule has 1 aromatic rings. The number of hydrogen-bond donors (Lipinski definition) is 0. The highest BCUT2D eigenvalue weighted by Crippen LogP contribution is 2.17. The van der Waals surface area contributed by atoms with Crippen LogP contribution in [0.4, 0.5) is 0 Å². The summed E-state index contributed by atoms with van der Waals surface area (Å²) in [5, 5.41) is 1.29. The molecule has 0 atom stereocenters. The largest absolute Gasteiger partial charge is 0.297 e. The van der Waals surface area contributed by atoms with Crippen molar-refractivity contribution in [2.75, 3.05) is 14.2 Å². The zero-order valence-corrected chi connectivity index (χ0v) is 10.4. The molecule has 0 bridgehead atoms. The lowest BCUT2D eigenvalue weighted by Crippen LogP contribution is -2.27. The smallest absolute Gasteiger partial charge is 0.274 e. The minimum absolute atomic E-state index is 0.136. The highest BCUT2D eigenvalue weighted by atomic mass is 35.5. The van der Waals surface area contributed by atoms with Crippen LogP contribution < -0.4 is 0 Å². The molecule has 0 fully saturated rings. The minimum Gasteiger partial charge on any atom is -0.274 e. The van der Waals surface area contributed by atoms with Crippen LogP contribution in [0.5, 0.6) is 0 Å². The van der Waals surface area contributed by atoms with Crippen molar-refractivity contribution < 1.29 is 9.63 Å². The molecule has 0 aliphatic rings. The van der Waals surface area contributed by atoms with Gasteiger partial charge in [-0.05, 0) is 0 Å². The number of carbonyl (C=O) groups excluding carboxylic acids is 1. The molecule has 0 aliphatic carbocycles. The second-order valence-corrected chi connectivity index (χ2v) is 3.97. The predicted octanol–water partition coefficient (Wildman–Crippen LogP) is 1.89. The van der Waals surface area contributed by atoms with Gasteiger partial charge in [-0.25, -0.2) is 15.0 Å². The first-order chi connectivity index (χ1) is 7.47. The fourth-order valence-corrected chi connectivity index (χ4v) is 1.21. The summed E-state index contributed by atoms with van der Waals surface area (Å²) in [6.07, 6.45) is 1.43. The maximum absolute atomic E-state index is 11.8. The molecule has 0 saturated carbocycles. The first-order valence-electron chi connectivity index (χ1n) is 4.82. The van der Waals surface area contributed by atoms with Crippen LogP contribution >= 0.6 is 11.6 Å². The Morgan fingerprint density at radius 2 is 2.19 bits per heavy atom. The Morgan fingerprint density at radius 3 is 2.69 bits per heavy atom. The molecule has 0 radical (unpaired) electrons. The molecule has 1 heterocycles. The molecule has 16 heavy (non-hydrogen) atoms. The van der Waals surface area contributed by atoms with Crippen LogP contribution in [0.1, 0.15) is 36.1 Å². The molecular formula is C10H14ClN3O2. The van der Waals surface area contributed by atoms with E-state index in [9.17, 15) is 4.79 Å². The fourth-order valence-electron chi connectivity index (χ4n) is 1.04. The van der Waals surface area contributed by atoms with Crippen molar-refractivity contribution in [3.63, 3.8) is 0 Å². The predicted molar refractivity (Wildman–Crippen MR) is 60.2 cm³/mol. The van der Waals surface area contributed by atoms with E-state index in [1.54, 1.807) is 0 Å². The van der Waals surface area contributed by atoms with Crippen LogP contribution in [0.15, 0.2) is 6.20 Å². The second-order valence-electron chi connectivity index (χ2n) is 3.56. The Hall–Kier alpha value is -1.20. The van der Waals surface area contributed by atoms with Crippen LogP contribution in [0.25, 0.3) is 0 Å². The van der Waals surface area contributed by atoms with Crippen molar-refractivity contribution >= 4 is 17.5 Å². The third-order valence-electron chi connectivity index (χ3n) is 2.04. The first kappa shape index (κ1) is 12.9. The van der Waals surface area contributed by atoms with Crippen molar-refractivity contribution in [3.05, 3.63) is 22.7 Å². The Bertz CT molecular complexity index is 396. The summed E-state index contributed by atoms with van der Waals surface area (Å²) in [5.41, 5.74) is 0.157. The Balaban J connectivity index is 3.12. The molecule has 0 aromatic carbocycles. The SMILES string of the molecule is CON(C)C(=O)c1nc(C(C)C)ncc1Cl. The van der Waals surface area contributed by atoms with Gasteiger partial charge in [0.25, 0.3) is 5.91 Å². The summed E-state index contributed by atoms with van der Waals surface area (Å²) in [5.74, 6) is 0.325. The molecule has 0 N–H and O–H groups in total. The number of carbonyl (C=O) groups is 1. The second kappa shape index (κ2) is 5.23. The van der Waals surface area contributed by atoms with Crippen molar-refractivity contribution in [1.29, 1.82) is 0 Å². The van der Waals surface area contributed by atoms with Crippen molar-refractivity contribution in [1.82, 2.24) is 15.0 Å². The van der Waals surface area contributed by atoms with Gasteiger partial charge in [0.15, 0.2) is 5.69 Å². The summed E-state index contributed by atoms with van der Waals surface area (Å²) in [4.78, 5) is 24.8. The van der Waals surface area contributed by atoms with E-state index in [1.807, 2.05) is 13.8 Å². The van der Waals surface area contributed by atoms with Crippen LogP contribution in [-0.2, 0) is 4.84 Å². The summed E-state index contributed by atoms with van der Waals surface area (Å²) >= 11 is 5.87. The van der Waals surface area contributed by atoms with Gasteiger partial charge in [-0.1, -0.05) is 25.4 Å². The molecule has 0 aliphatic heterocycles. The number of aromatic nitrogens is 2. The monoisotopic (exact) mass is 243 g/mol. The van der Waals surface area contributed by atoms with Crippen molar-refractivity contribution in [2.24, 2.45) is 0 Å². The van der Waals surface area contributed by atoms with E-state index in [0.717, 1.165) is 5.06 Å². The standard InChI is InChI=1S/C10H14ClN3O2/c1-6(2)9-12-5-7(11)8(13-9)10(15)14(3)16-4/h5-6H,1-4H3. The lowest BCUT2D eigenvalue weighted by atomic mass is 10.2. The molecule has 0 spiro atoms. The maximum Gasteiger partial charge on any atom is 0.297 e. The van der Waals surface area contributed by atoms with Gasteiger partial charge in [0.05, 0.1) is 18.3 Å². The van der Waals surface area contributed by atoms with Gasteiger partial charge in [-0.2, -0.15) is 0 Å². The van der Waals surface area contributed by atoms with Gasteiger partial charge in [-0.15, -0.1) is 0 Å². The van der Waals surface area contributed by atoms with Crippen molar-refractivity contribution in [2.45, 2.75) is 19.8 Å². The van der Waals surface area contributed by atoms with Gasteiger partial charge in [0, 0.05) is 13.0 Å². The van der Waals surface area contributed by atoms with Gasteiger partial charge in [0.2, 0.25) is 0 Å². The number of halogens is 1. The van der Waals surface area contributed by atoms with E-state index in [-0.39, 0.29) is 16.6 Å². The van der Waals surface area contributed by atoms with Gasteiger partial charge in [0.1, 0.15) is 5.82 Å². The van der Waals surface area contributed by atoms with Gasteiger partial charge < -0.3 is 0 Å². The van der Waals surface area contributed by atoms with Crippen molar-refractivity contribution in [3.8, 4) is 0 Å².